The normalized spacial score (nSPS) is 23.0. The summed E-state index contributed by atoms with van der Waals surface area (Å²) in [5.41, 5.74) is 5.00. The van der Waals surface area contributed by atoms with E-state index in [4.69, 9.17) is 4.52 Å². The maximum absolute atomic E-state index is 12.8. The Bertz CT molecular complexity index is 819. The molecule has 1 aromatic carbocycles. The van der Waals surface area contributed by atoms with Crippen LogP contribution in [0, 0.1) is 0 Å². The van der Waals surface area contributed by atoms with Gasteiger partial charge in [0, 0.05) is 24.2 Å². The third-order valence-electron chi connectivity index (χ3n) is 6.50. The molecule has 1 unspecified atom stereocenters. The molecule has 1 saturated heterocycles. The van der Waals surface area contributed by atoms with Crippen molar-refractivity contribution in [3.05, 3.63) is 52.4 Å². The molecule has 5 heteroatoms. The summed E-state index contributed by atoms with van der Waals surface area (Å²) >= 11 is 0. The summed E-state index contributed by atoms with van der Waals surface area (Å²) in [7, 11) is 0. The first-order valence-electron chi connectivity index (χ1n) is 10.4. The highest BCUT2D eigenvalue weighted by Gasteiger charge is 2.32. The van der Waals surface area contributed by atoms with Crippen LogP contribution < -0.4 is 5.32 Å². The van der Waals surface area contributed by atoms with Gasteiger partial charge >= 0.3 is 0 Å². The van der Waals surface area contributed by atoms with Crippen molar-refractivity contribution in [2.45, 2.75) is 63.5 Å². The molecule has 1 aromatic heterocycles. The van der Waals surface area contributed by atoms with E-state index < -0.39 is 0 Å². The van der Waals surface area contributed by atoms with Crippen molar-refractivity contribution in [2.24, 2.45) is 0 Å². The maximum Gasteiger partial charge on any atom is 0.290 e. The first-order chi connectivity index (χ1) is 13.3. The Balaban J connectivity index is 1.23. The van der Waals surface area contributed by atoms with Crippen LogP contribution >= 0.6 is 0 Å². The van der Waals surface area contributed by atoms with E-state index in [0.717, 1.165) is 75.7 Å². The highest BCUT2D eigenvalue weighted by Crippen LogP contribution is 2.28. The van der Waals surface area contributed by atoms with Gasteiger partial charge in [0.05, 0.1) is 5.69 Å². The number of hydrogen-bond acceptors (Lipinski definition) is 4. The second-order valence-corrected chi connectivity index (χ2v) is 8.28. The molecule has 0 bridgehead atoms. The number of aromatic nitrogens is 1. The molecule has 1 atom stereocenters. The third kappa shape index (κ3) is 3.29. The van der Waals surface area contributed by atoms with E-state index in [1.54, 1.807) is 0 Å². The fraction of sp³-hybridized carbons (Fsp3) is 0.545. The Morgan fingerprint density at radius 2 is 1.89 bits per heavy atom. The van der Waals surface area contributed by atoms with Crippen LogP contribution in [0.2, 0.25) is 0 Å². The first-order valence-corrected chi connectivity index (χ1v) is 10.4. The zero-order valence-electron chi connectivity index (χ0n) is 15.7. The Hall–Kier alpha value is -2.14. The Morgan fingerprint density at radius 1 is 1.11 bits per heavy atom. The quantitative estimate of drug-likeness (QED) is 0.909. The first kappa shape index (κ1) is 17.0. The molecule has 1 fully saturated rings. The van der Waals surface area contributed by atoms with Crippen LogP contribution in [0.15, 0.2) is 28.8 Å². The lowest BCUT2D eigenvalue weighted by Crippen LogP contribution is -2.51. The second-order valence-electron chi connectivity index (χ2n) is 8.28. The van der Waals surface area contributed by atoms with Gasteiger partial charge in [-0.05, 0) is 69.0 Å². The zero-order valence-corrected chi connectivity index (χ0v) is 15.7. The number of benzene rings is 1. The van der Waals surface area contributed by atoms with Gasteiger partial charge in [-0.2, -0.15) is 0 Å². The summed E-state index contributed by atoms with van der Waals surface area (Å²) in [4.78, 5) is 15.4. The number of carbonyl (C=O) groups excluding carboxylic acids is 1. The standard InChI is InChI=1S/C22H27N3O2/c26-22(21-19-9-3-4-10-20(19)24-27-21)23-17-8-5-11-25(14-17)18-12-15-6-1-2-7-16(15)13-18/h1-2,6-7,17-18H,3-5,8-14H2,(H,23,26). The highest BCUT2D eigenvalue weighted by atomic mass is 16.5. The third-order valence-corrected chi connectivity index (χ3v) is 6.50. The Kier molecular flexibility index (Phi) is 4.48. The molecule has 0 radical (unpaired) electrons. The fourth-order valence-corrected chi connectivity index (χ4v) is 5.07. The van der Waals surface area contributed by atoms with E-state index in [2.05, 4.69) is 39.6 Å². The Labute approximate surface area is 160 Å². The minimum atomic E-state index is -0.0767. The number of carbonyl (C=O) groups is 1. The van der Waals surface area contributed by atoms with Gasteiger partial charge in [-0.15, -0.1) is 0 Å². The van der Waals surface area contributed by atoms with Crippen molar-refractivity contribution < 1.29 is 9.32 Å². The summed E-state index contributed by atoms with van der Waals surface area (Å²) in [6, 6.07) is 9.55. The lowest BCUT2D eigenvalue weighted by atomic mass is 9.95. The highest BCUT2D eigenvalue weighted by molar-refractivity contribution is 5.93. The number of fused-ring (bicyclic) bond motifs is 2. The number of likely N-dealkylation sites (tertiary alicyclic amines) is 1. The van der Waals surface area contributed by atoms with Crippen LogP contribution in [0.4, 0.5) is 0 Å². The van der Waals surface area contributed by atoms with Crippen molar-refractivity contribution >= 4 is 5.91 Å². The van der Waals surface area contributed by atoms with Gasteiger partial charge < -0.3 is 9.84 Å². The number of nitrogens with zero attached hydrogens (tertiary/aromatic N) is 2. The molecule has 1 amide bonds. The summed E-state index contributed by atoms with van der Waals surface area (Å²) < 4.78 is 5.41. The van der Waals surface area contributed by atoms with Crippen LogP contribution in [0.3, 0.4) is 0 Å². The molecule has 2 aromatic rings. The van der Waals surface area contributed by atoms with Crippen LogP contribution in [0.5, 0.6) is 0 Å². The van der Waals surface area contributed by atoms with E-state index in [1.807, 2.05) is 0 Å². The molecule has 5 nitrogen and oxygen atoms in total. The van der Waals surface area contributed by atoms with Crippen molar-refractivity contribution in [3.8, 4) is 0 Å². The van der Waals surface area contributed by atoms with Gasteiger partial charge in [0.15, 0.2) is 0 Å². The molecule has 0 saturated carbocycles. The molecule has 0 spiro atoms. The molecule has 1 aliphatic heterocycles. The molecule has 5 rings (SSSR count). The van der Waals surface area contributed by atoms with Crippen molar-refractivity contribution in [2.75, 3.05) is 13.1 Å². The van der Waals surface area contributed by atoms with Gasteiger partial charge in [-0.25, -0.2) is 0 Å². The molecule has 2 aliphatic carbocycles. The number of aryl methyl sites for hydroxylation is 1. The van der Waals surface area contributed by atoms with Crippen molar-refractivity contribution in [1.82, 2.24) is 15.4 Å². The summed E-state index contributed by atoms with van der Waals surface area (Å²) in [5.74, 6) is 0.377. The molecule has 2 heterocycles. The lowest BCUT2D eigenvalue weighted by molar-refractivity contribution is 0.0840. The topological polar surface area (TPSA) is 58.4 Å². The van der Waals surface area contributed by atoms with Gasteiger partial charge in [-0.3, -0.25) is 9.69 Å². The van der Waals surface area contributed by atoms with E-state index in [9.17, 15) is 4.79 Å². The molecular weight excluding hydrogens is 338 g/mol. The molecular formula is C22H27N3O2. The maximum atomic E-state index is 12.8. The van der Waals surface area contributed by atoms with Crippen LogP contribution in [0.1, 0.15) is 58.6 Å². The number of piperidine rings is 1. The molecule has 1 N–H and O–H groups in total. The number of hydrogen-bond donors (Lipinski definition) is 1. The number of amides is 1. The minimum absolute atomic E-state index is 0.0767. The number of rotatable bonds is 3. The largest absolute Gasteiger partial charge is 0.350 e. The second kappa shape index (κ2) is 7.12. The predicted molar refractivity (Wildman–Crippen MR) is 103 cm³/mol. The van der Waals surface area contributed by atoms with Crippen LogP contribution in [-0.4, -0.2) is 41.1 Å². The van der Waals surface area contributed by atoms with Gasteiger partial charge in [0.25, 0.3) is 5.91 Å². The van der Waals surface area contributed by atoms with Crippen LogP contribution in [0.25, 0.3) is 0 Å². The van der Waals surface area contributed by atoms with E-state index in [1.165, 1.54) is 11.1 Å². The van der Waals surface area contributed by atoms with Gasteiger partial charge in [-0.1, -0.05) is 29.4 Å². The van der Waals surface area contributed by atoms with E-state index in [-0.39, 0.29) is 11.9 Å². The zero-order chi connectivity index (χ0) is 18.2. The fourth-order valence-electron chi connectivity index (χ4n) is 5.07. The SMILES string of the molecule is O=C(NC1CCCN(C2Cc3ccccc3C2)C1)c1onc2c1CCCC2. The Morgan fingerprint density at radius 3 is 2.70 bits per heavy atom. The lowest BCUT2D eigenvalue weighted by Gasteiger charge is -2.37. The molecule has 27 heavy (non-hydrogen) atoms. The van der Waals surface area contributed by atoms with Crippen molar-refractivity contribution in [1.29, 1.82) is 0 Å². The summed E-state index contributed by atoms with van der Waals surface area (Å²) in [5, 5.41) is 7.36. The smallest absolute Gasteiger partial charge is 0.290 e. The van der Waals surface area contributed by atoms with E-state index >= 15 is 0 Å². The molecule has 142 valence electrons. The number of nitrogens with one attached hydrogen (secondary N) is 1. The average molecular weight is 365 g/mol. The van der Waals surface area contributed by atoms with Crippen molar-refractivity contribution in [3.63, 3.8) is 0 Å². The monoisotopic (exact) mass is 365 g/mol. The summed E-state index contributed by atoms with van der Waals surface area (Å²) in [6.07, 6.45) is 8.55. The van der Waals surface area contributed by atoms with Crippen LogP contribution in [-0.2, 0) is 25.7 Å². The minimum Gasteiger partial charge on any atom is -0.350 e. The molecule has 3 aliphatic rings. The average Bonchev–Trinajstić information content (AvgIpc) is 3.32. The summed E-state index contributed by atoms with van der Waals surface area (Å²) in [6.45, 7) is 2.06. The van der Waals surface area contributed by atoms with Gasteiger partial charge in [0.2, 0.25) is 5.76 Å². The van der Waals surface area contributed by atoms with E-state index in [0.29, 0.717) is 11.8 Å². The predicted octanol–water partition coefficient (Wildman–Crippen LogP) is 2.92. The van der Waals surface area contributed by atoms with Gasteiger partial charge in [0.1, 0.15) is 0 Å².